The number of hydrogen-bond donors (Lipinski definition) is 2. The summed E-state index contributed by atoms with van der Waals surface area (Å²) in [4.78, 5) is 24.9. The lowest BCUT2D eigenvalue weighted by atomic mass is 10.1. The van der Waals surface area contributed by atoms with Crippen molar-refractivity contribution in [1.29, 1.82) is 5.26 Å². The molecule has 0 fully saturated rings. The summed E-state index contributed by atoms with van der Waals surface area (Å²) >= 11 is 3.45. The molecule has 2 amide bonds. The second kappa shape index (κ2) is 13.1. The van der Waals surface area contributed by atoms with Gasteiger partial charge in [0.05, 0.1) is 11.1 Å². The van der Waals surface area contributed by atoms with Crippen LogP contribution in [0.2, 0.25) is 0 Å². The number of anilines is 1. The molecule has 3 rings (SSSR count). The monoisotopic (exact) mass is 547 g/mol. The molecule has 3 aromatic rings. The molecule has 36 heavy (non-hydrogen) atoms. The predicted octanol–water partition coefficient (Wildman–Crippen LogP) is 5.40. The summed E-state index contributed by atoms with van der Waals surface area (Å²) in [5.41, 5.74) is 3.21. The van der Waals surface area contributed by atoms with Gasteiger partial charge in [-0.2, -0.15) is 5.26 Å². The Hall–Kier alpha value is -4.09. The van der Waals surface area contributed by atoms with E-state index in [4.69, 9.17) is 9.47 Å². The van der Waals surface area contributed by atoms with Crippen LogP contribution in [0.4, 0.5) is 5.69 Å². The number of ether oxygens (including phenoxy) is 2. The second-order valence-corrected chi connectivity index (χ2v) is 8.66. The van der Waals surface area contributed by atoms with E-state index in [1.54, 1.807) is 12.1 Å². The van der Waals surface area contributed by atoms with Gasteiger partial charge in [0.25, 0.3) is 11.8 Å². The summed E-state index contributed by atoms with van der Waals surface area (Å²) in [6.07, 6.45) is 1.47. The molecule has 3 aromatic carbocycles. The largest absolute Gasteiger partial charge is 0.490 e. The van der Waals surface area contributed by atoms with Gasteiger partial charge in [-0.15, -0.1) is 0 Å². The molecule has 8 heteroatoms. The minimum absolute atomic E-state index is 0.0496. The van der Waals surface area contributed by atoms with Crippen LogP contribution in [0, 0.1) is 18.3 Å². The van der Waals surface area contributed by atoms with E-state index in [9.17, 15) is 14.9 Å². The van der Waals surface area contributed by atoms with Crippen molar-refractivity contribution in [2.24, 2.45) is 0 Å². The van der Waals surface area contributed by atoms with Crippen LogP contribution in [0.1, 0.15) is 23.6 Å². The summed E-state index contributed by atoms with van der Waals surface area (Å²) in [7, 11) is 0. The Kier molecular flexibility index (Phi) is 9.66. The average molecular weight is 548 g/mol. The molecular formula is C28H26BrN3O4. The van der Waals surface area contributed by atoms with E-state index in [-0.39, 0.29) is 18.1 Å². The smallest absolute Gasteiger partial charge is 0.262 e. The van der Waals surface area contributed by atoms with Crippen molar-refractivity contribution >= 4 is 39.5 Å². The second-order valence-electron chi connectivity index (χ2n) is 7.80. The van der Waals surface area contributed by atoms with Crippen molar-refractivity contribution in [2.45, 2.75) is 20.4 Å². The Bertz CT molecular complexity index is 1280. The maximum absolute atomic E-state index is 12.5. The summed E-state index contributed by atoms with van der Waals surface area (Å²) in [6, 6.07) is 22.2. The Morgan fingerprint density at radius 1 is 1.06 bits per heavy atom. The highest BCUT2D eigenvalue weighted by Gasteiger charge is 2.16. The molecule has 0 radical (unpaired) electrons. The van der Waals surface area contributed by atoms with Gasteiger partial charge >= 0.3 is 0 Å². The van der Waals surface area contributed by atoms with Gasteiger partial charge in [0, 0.05) is 12.2 Å². The lowest BCUT2D eigenvalue weighted by molar-refractivity contribution is -0.118. The van der Waals surface area contributed by atoms with Gasteiger partial charge < -0.3 is 20.1 Å². The van der Waals surface area contributed by atoms with E-state index in [0.717, 1.165) is 11.1 Å². The van der Waals surface area contributed by atoms with Crippen LogP contribution < -0.4 is 20.1 Å². The van der Waals surface area contributed by atoms with Crippen LogP contribution in [0.3, 0.4) is 0 Å². The molecule has 0 heterocycles. The number of carbonyl (C=O) groups excluding carboxylic acids is 2. The standard InChI is InChI=1S/C28H26BrN3O4/c1-3-35-25-15-21(13-22(16-30)28(34)31-17-20-7-5-4-6-8-20)14-24(29)27(25)36-18-26(33)32-23-11-9-19(2)10-12-23/h4-15H,3,17-18H2,1-2H3,(H,31,34)(H,32,33)/b22-13+. The van der Waals surface area contributed by atoms with E-state index in [1.807, 2.05) is 74.5 Å². The minimum atomic E-state index is -0.483. The molecular weight excluding hydrogens is 522 g/mol. The first kappa shape index (κ1) is 26.5. The number of nitrogens with zero attached hydrogens (tertiary/aromatic N) is 1. The predicted molar refractivity (Wildman–Crippen MR) is 142 cm³/mol. The number of amides is 2. The van der Waals surface area contributed by atoms with Gasteiger partial charge in [0.2, 0.25) is 0 Å². The first-order chi connectivity index (χ1) is 17.4. The van der Waals surface area contributed by atoms with Crippen molar-refractivity contribution in [3.63, 3.8) is 0 Å². The molecule has 2 N–H and O–H groups in total. The lowest BCUT2D eigenvalue weighted by Crippen LogP contribution is -2.23. The van der Waals surface area contributed by atoms with E-state index >= 15 is 0 Å². The third kappa shape index (κ3) is 7.72. The highest BCUT2D eigenvalue weighted by molar-refractivity contribution is 9.10. The molecule has 0 spiro atoms. The van der Waals surface area contributed by atoms with Crippen molar-refractivity contribution in [3.8, 4) is 17.6 Å². The van der Waals surface area contributed by atoms with Crippen LogP contribution >= 0.6 is 15.9 Å². The van der Waals surface area contributed by atoms with Crippen LogP contribution in [-0.4, -0.2) is 25.0 Å². The topological polar surface area (TPSA) is 100 Å². The molecule has 0 aromatic heterocycles. The summed E-state index contributed by atoms with van der Waals surface area (Å²) < 4.78 is 12.0. The van der Waals surface area contributed by atoms with E-state index in [0.29, 0.717) is 40.4 Å². The third-order valence-corrected chi connectivity index (χ3v) is 5.58. The molecule has 0 saturated heterocycles. The van der Waals surface area contributed by atoms with Gasteiger partial charge in [-0.3, -0.25) is 9.59 Å². The van der Waals surface area contributed by atoms with Gasteiger partial charge in [0.15, 0.2) is 18.1 Å². The number of carbonyl (C=O) groups is 2. The fraction of sp³-hybridized carbons (Fsp3) is 0.179. The zero-order valence-corrected chi connectivity index (χ0v) is 21.6. The molecule has 0 aliphatic carbocycles. The minimum Gasteiger partial charge on any atom is -0.490 e. The SMILES string of the molecule is CCOc1cc(/C=C(\C#N)C(=O)NCc2ccccc2)cc(Br)c1OCC(=O)Nc1ccc(C)cc1. The van der Waals surface area contributed by atoms with Gasteiger partial charge in [-0.05, 0) is 71.2 Å². The lowest BCUT2D eigenvalue weighted by Gasteiger charge is -2.15. The molecule has 7 nitrogen and oxygen atoms in total. The van der Waals surface area contributed by atoms with Crippen LogP contribution in [0.15, 0.2) is 76.8 Å². The number of rotatable bonds is 10. The Morgan fingerprint density at radius 3 is 2.44 bits per heavy atom. The quantitative estimate of drug-likeness (QED) is 0.261. The van der Waals surface area contributed by atoms with Gasteiger partial charge in [-0.1, -0.05) is 48.0 Å². The van der Waals surface area contributed by atoms with Crippen LogP contribution in [0.5, 0.6) is 11.5 Å². The van der Waals surface area contributed by atoms with E-state index in [1.165, 1.54) is 6.08 Å². The molecule has 184 valence electrons. The number of hydrogen-bond acceptors (Lipinski definition) is 5. The van der Waals surface area contributed by atoms with Gasteiger partial charge in [-0.25, -0.2) is 0 Å². The Morgan fingerprint density at radius 2 is 1.78 bits per heavy atom. The molecule has 0 aliphatic rings. The molecule has 0 bridgehead atoms. The number of nitrogens with one attached hydrogen (secondary N) is 2. The van der Waals surface area contributed by atoms with Crippen molar-refractivity contribution in [3.05, 3.63) is 93.5 Å². The zero-order chi connectivity index (χ0) is 25.9. The maximum atomic E-state index is 12.5. The van der Waals surface area contributed by atoms with Crippen LogP contribution in [-0.2, 0) is 16.1 Å². The Labute approximate surface area is 218 Å². The summed E-state index contributed by atoms with van der Waals surface area (Å²) in [5, 5.41) is 15.1. The molecule has 0 aliphatic heterocycles. The Balaban J connectivity index is 1.72. The van der Waals surface area contributed by atoms with Crippen molar-refractivity contribution in [1.82, 2.24) is 5.32 Å². The first-order valence-corrected chi connectivity index (χ1v) is 12.1. The maximum Gasteiger partial charge on any atom is 0.262 e. The normalized spacial score (nSPS) is 10.8. The average Bonchev–Trinajstić information content (AvgIpc) is 2.87. The summed E-state index contributed by atoms with van der Waals surface area (Å²) in [6.45, 7) is 4.23. The van der Waals surface area contributed by atoms with Crippen LogP contribution in [0.25, 0.3) is 6.08 Å². The first-order valence-electron chi connectivity index (χ1n) is 11.3. The van der Waals surface area contributed by atoms with Crippen molar-refractivity contribution in [2.75, 3.05) is 18.5 Å². The summed E-state index contributed by atoms with van der Waals surface area (Å²) in [5.74, 6) is -0.0779. The molecule has 0 atom stereocenters. The molecule has 0 saturated carbocycles. The highest BCUT2D eigenvalue weighted by Crippen LogP contribution is 2.37. The number of benzene rings is 3. The number of nitriles is 1. The number of halogens is 1. The fourth-order valence-electron chi connectivity index (χ4n) is 3.23. The zero-order valence-electron chi connectivity index (χ0n) is 20.0. The fourth-order valence-corrected chi connectivity index (χ4v) is 3.81. The number of aryl methyl sites for hydroxylation is 1. The van der Waals surface area contributed by atoms with E-state index in [2.05, 4.69) is 26.6 Å². The third-order valence-electron chi connectivity index (χ3n) is 4.99. The van der Waals surface area contributed by atoms with Crippen molar-refractivity contribution < 1.29 is 19.1 Å². The van der Waals surface area contributed by atoms with E-state index < -0.39 is 5.91 Å². The van der Waals surface area contributed by atoms with Gasteiger partial charge in [0.1, 0.15) is 11.6 Å². The highest BCUT2D eigenvalue weighted by atomic mass is 79.9. The molecule has 0 unspecified atom stereocenters.